The van der Waals surface area contributed by atoms with Crippen LogP contribution in [0.25, 0.3) is 0 Å². The minimum Gasteiger partial charge on any atom is -0.461 e. The average molecular weight is 288 g/mol. The lowest BCUT2D eigenvalue weighted by Gasteiger charge is -2.18. The van der Waals surface area contributed by atoms with Gasteiger partial charge in [0.15, 0.2) is 0 Å². The van der Waals surface area contributed by atoms with Gasteiger partial charge >= 0.3 is 6.01 Å². The van der Waals surface area contributed by atoms with E-state index in [0.717, 1.165) is 11.4 Å². The number of hydrogen-bond donors (Lipinski definition) is 1. The highest BCUT2D eigenvalue weighted by Gasteiger charge is 2.12. The number of hydrogen-bond acceptors (Lipinski definition) is 7. The Kier molecular flexibility index (Phi) is 4.52. The van der Waals surface area contributed by atoms with Crippen LogP contribution >= 0.6 is 0 Å². The van der Waals surface area contributed by atoms with E-state index < -0.39 is 0 Å². The summed E-state index contributed by atoms with van der Waals surface area (Å²) in [5.41, 5.74) is 7.61. The highest BCUT2D eigenvalue weighted by Crippen LogP contribution is 2.15. The highest BCUT2D eigenvalue weighted by atomic mass is 16.5. The van der Waals surface area contributed by atoms with Gasteiger partial charge in [-0.05, 0) is 32.9 Å². The van der Waals surface area contributed by atoms with Crippen molar-refractivity contribution < 1.29 is 4.74 Å². The molecule has 0 bridgehead atoms. The minimum atomic E-state index is -0.0246. The molecule has 2 aromatic rings. The molecule has 2 N–H and O–H groups in total. The summed E-state index contributed by atoms with van der Waals surface area (Å²) in [4.78, 5) is 18.7. The van der Waals surface area contributed by atoms with Crippen molar-refractivity contribution in [2.45, 2.75) is 33.4 Å². The van der Waals surface area contributed by atoms with Gasteiger partial charge in [0.05, 0.1) is 18.3 Å². The van der Waals surface area contributed by atoms with Crippen molar-refractivity contribution in [3.05, 3.63) is 29.6 Å². The lowest BCUT2D eigenvalue weighted by atomic mass is 10.3. The van der Waals surface area contributed by atoms with Gasteiger partial charge < -0.3 is 15.4 Å². The van der Waals surface area contributed by atoms with Crippen LogP contribution in [0.15, 0.2) is 18.2 Å². The molecule has 0 unspecified atom stereocenters. The third-order valence-electron chi connectivity index (χ3n) is 2.65. The quantitative estimate of drug-likeness (QED) is 0.893. The molecule has 0 atom stereocenters. The first-order valence-electron chi connectivity index (χ1n) is 6.76. The number of aromatic nitrogens is 4. The molecule has 0 amide bonds. The average Bonchev–Trinajstić information content (AvgIpc) is 2.37. The molecule has 0 aliphatic carbocycles. The molecule has 7 heteroatoms. The van der Waals surface area contributed by atoms with Crippen molar-refractivity contribution in [3.8, 4) is 6.01 Å². The lowest BCUT2D eigenvalue weighted by Crippen LogP contribution is -2.22. The Hall–Kier alpha value is -2.44. The van der Waals surface area contributed by atoms with Crippen LogP contribution in [0, 0.1) is 6.92 Å². The summed E-state index contributed by atoms with van der Waals surface area (Å²) >= 11 is 0. The fourth-order valence-electron chi connectivity index (χ4n) is 1.80. The summed E-state index contributed by atoms with van der Waals surface area (Å²) in [6.07, 6.45) is -0.0246. The van der Waals surface area contributed by atoms with Crippen molar-refractivity contribution >= 4 is 11.9 Å². The Balaban J connectivity index is 2.18. The fraction of sp³-hybridized carbons (Fsp3) is 0.429. The van der Waals surface area contributed by atoms with Gasteiger partial charge in [-0.15, -0.1) is 0 Å². The van der Waals surface area contributed by atoms with E-state index in [0.29, 0.717) is 12.5 Å². The Bertz CT molecular complexity index is 616. The van der Waals surface area contributed by atoms with Crippen LogP contribution in [0.5, 0.6) is 6.01 Å². The van der Waals surface area contributed by atoms with Crippen LogP contribution in [0.2, 0.25) is 0 Å². The number of aryl methyl sites for hydroxylation is 1. The number of nitrogens with zero attached hydrogens (tertiary/aromatic N) is 5. The van der Waals surface area contributed by atoms with Gasteiger partial charge in [0.2, 0.25) is 11.9 Å². The van der Waals surface area contributed by atoms with Crippen LogP contribution in [-0.2, 0) is 6.54 Å². The Morgan fingerprint density at radius 2 is 1.95 bits per heavy atom. The van der Waals surface area contributed by atoms with Crippen LogP contribution in [0.1, 0.15) is 25.2 Å². The Morgan fingerprint density at radius 3 is 2.62 bits per heavy atom. The number of anilines is 2. The molecule has 0 aliphatic heterocycles. The molecule has 0 aromatic carbocycles. The molecule has 0 radical (unpaired) electrons. The SMILES string of the molecule is Cc1cccc(CN(C)c2nc(N)nc(OC(C)C)n2)n1. The Morgan fingerprint density at radius 1 is 1.19 bits per heavy atom. The van der Waals surface area contributed by atoms with Gasteiger partial charge in [-0.3, -0.25) is 4.98 Å². The van der Waals surface area contributed by atoms with Crippen LogP contribution in [0.4, 0.5) is 11.9 Å². The van der Waals surface area contributed by atoms with Crippen LogP contribution < -0.4 is 15.4 Å². The summed E-state index contributed by atoms with van der Waals surface area (Å²) in [5, 5.41) is 0. The normalized spacial score (nSPS) is 10.7. The lowest BCUT2D eigenvalue weighted by molar-refractivity contribution is 0.222. The van der Waals surface area contributed by atoms with Crippen molar-refractivity contribution in [3.63, 3.8) is 0 Å². The topological polar surface area (TPSA) is 90.1 Å². The standard InChI is InChI=1S/C14H20N6O/c1-9(2)21-14-18-12(15)17-13(19-14)20(4)8-11-7-5-6-10(3)16-11/h5-7,9H,8H2,1-4H3,(H2,15,17,18,19). The maximum Gasteiger partial charge on any atom is 0.323 e. The van der Waals surface area contributed by atoms with Gasteiger partial charge in [0.25, 0.3) is 0 Å². The molecule has 0 saturated carbocycles. The summed E-state index contributed by atoms with van der Waals surface area (Å²) in [5.74, 6) is 0.598. The second-order valence-electron chi connectivity index (χ2n) is 5.07. The number of rotatable bonds is 5. The molecule has 2 rings (SSSR count). The van der Waals surface area contributed by atoms with Crippen molar-refractivity contribution in [2.24, 2.45) is 0 Å². The van der Waals surface area contributed by atoms with E-state index in [1.807, 2.05) is 50.9 Å². The van der Waals surface area contributed by atoms with Gasteiger partial charge in [0.1, 0.15) is 0 Å². The summed E-state index contributed by atoms with van der Waals surface area (Å²) in [6, 6.07) is 6.12. The second-order valence-corrected chi connectivity index (χ2v) is 5.07. The molecule has 0 fully saturated rings. The molecule has 0 aliphatic rings. The molecule has 112 valence electrons. The second kappa shape index (κ2) is 6.34. The summed E-state index contributed by atoms with van der Waals surface area (Å²) in [7, 11) is 1.87. The van der Waals surface area contributed by atoms with Crippen molar-refractivity contribution in [1.29, 1.82) is 0 Å². The van der Waals surface area contributed by atoms with Crippen LogP contribution in [-0.4, -0.2) is 33.1 Å². The molecular weight excluding hydrogens is 268 g/mol. The third-order valence-corrected chi connectivity index (χ3v) is 2.65. The predicted octanol–water partition coefficient (Wildman–Crippen LogP) is 1.58. The first-order chi connectivity index (χ1) is 9.94. The zero-order chi connectivity index (χ0) is 15.4. The summed E-state index contributed by atoms with van der Waals surface area (Å²) < 4.78 is 5.47. The first-order valence-corrected chi connectivity index (χ1v) is 6.76. The first kappa shape index (κ1) is 15.0. The van der Waals surface area contributed by atoms with Gasteiger partial charge in [-0.1, -0.05) is 6.07 Å². The number of nitrogens with two attached hydrogens (primary N) is 1. The van der Waals surface area contributed by atoms with E-state index in [4.69, 9.17) is 10.5 Å². The molecule has 2 heterocycles. The van der Waals surface area contributed by atoms with E-state index in [1.165, 1.54) is 0 Å². The molecule has 0 saturated heterocycles. The number of pyridine rings is 1. The molecule has 2 aromatic heterocycles. The van der Waals surface area contributed by atoms with Crippen molar-refractivity contribution in [1.82, 2.24) is 19.9 Å². The van der Waals surface area contributed by atoms with Crippen LogP contribution in [0.3, 0.4) is 0 Å². The third kappa shape index (κ3) is 4.27. The smallest absolute Gasteiger partial charge is 0.323 e. The zero-order valence-corrected chi connectivity index (χ0v) is 12.7. The van der Waals surface area contributed by atoms with E-state index in [2.05, 4.69) is 19.9 Å². The summed E-state index contributed by atoms with van der Waals surface area (Å²) in [6.45, 7) is 6.34. The number of ether oxygens (including phenoxy) is 1. The van der Waals surface area contributed by atoms with E-state index in [1.54, 1.807) is 0 Å². The maximum atomic E-state index is 5.71. The zero-order valence-electron chi connectivity index (χ0n) is 12.7. The molecule has 7 nitrogen and oxygen atoms in total. The maximum absolute atomic E-state index is 5.71. The van der Waals surface area contributed by atoms with Gasteiger partial charge in [-0.25, -0.2) is 0 Å². The van der Waals surface area contributed by atoms with Crippen molar-refractivity contribution in [2.75, 3.05) is 17.7 Å². The monoisotopic (exact) mass is 288 g/mol. The van der Waals surface area contributed by atoms with E-state index in [-0.39, 0.29) is 18.1 Å². The van der Waals surface area contributed by atoms with E-state index >= 15 is 0 Å². The minimum absolute atomic E-state index is 0.0246. The van der Waals surface area contributed by atoms with Gasteiger partial charge in [-0.2, -0.15) is 15.0 Å². The highest BCUT2D eigenvalue weighted by molar-refractivity contribution is 5.35. The molecule has 21 heavy (non-hydrogen) atoms. The van der Waals surface area contributed by atoms with Gasteiger partial charge in [0, 0.05) is 12.7 Å². The number of nitrogen functional groups attached to an aromatic ring is 1. The molecule has 0 spiro atoms. The largest absolute Gasteiger partial charge is 0.461 e. The fourth-order valence-corrected chi connectivity index (χ4v) is 1.80. The van der Waals surface area contributed by atoms with E-state index in [9.17, 15) is 0 Å². The predicted molar refractivity (Wildman–Crippen MR) is 81.1 cm³/mol. The molecular formula is C14H20N6O. The Labute approximate surface area is 124 Å².